The predicted octanol–water partition coefficient (Wildman–Crippen LogP) is 1.70. The summed E-state index contributed by atoms with van der Waals surface area (Å²) in [5, 5.41) is 18.8. The monoisotopic (exact) mass is 737 g/mol. The molecule has 53 heavy (non-hydrogen) atoms. The lowest BCUT2D eigenvalue weighted by atomic mass is 10.2. The molecular formula is C37H55N9O7. The van der Waals surface area contributed by atoms with E-state index < -0.39 is 6.29 Å². The lowest BCUT2D eigenvalue weighted by Crippen LogP contribution is -2.49. The van der Waals surface area contributed by atoms with E-state index in [1.807, 2.05) is 61.5 Å². The third-order valence-corrected chi connectivity index (χ3v) is 7.10. The fourth-order valence-electron chi connectivity index (χ4n) is 4.54. The van der Waals surface area contributed by atoms with Crippen LogP contribution in [-0.4, -0.2) is 116 Å². The molecule has 290 valence electrons. The molecule has 8 N–H and O–H groups in total. The number of methoxy groups -OCH3 is 1. The van der Waals surface area contributed by atoms with Crippen LogP contribution in [0.25, 0.3) is 0 Å². The van der Waals surface area contributed by atoms with E-state index in [2.05, 4.69) is 41.9 Å². The van der Waals surface area contributed by atoms with E-state index >= 15 is 0 Å². The first kappa shape index (κ1) is 42.6. The fourth-order valence-corrected chi connectivity index (χ4v) is 4.54. The predicted molar refractivity (Wildman–Crippen MR) is 206 cm³/mol. The Bertz CT molecular complexity index is 1450. The first-order valence-corrected chi connectivity index (χ1v) is 17.8. The minimum Gasteiger partial charge on any atom is -0.497 e. The number of ether oxygens (including phenoxy) is 5. The van der Waals surface area contributed by atoms with Gasteiger partial charge in [-0.25, -0.2) is 9.98 Å². The molecule has 0 saturated carbocycles. The zero-order valence-electron chi connectivity index (χ0n) is 30.7. The first-order valence-electron chi connectivity index (χ1n) is 17.8. The summed E-state index contributed by atoms with van der Waals surface area (Å²) < 4.78 is 27.3. The average molecular weight is 738 g/mol. The van der Waals surface area contributed by atoms with Crippen molar-refractivity contribution in [3.05, 3.63) is 84.1 Å². The minimum absolute atomic E-state index is 0.114. The van der Waals surface area contributed by atoms with Crippen LogP contribution in [0.5, 0.6) is 5.75 Å². The molecule has 1 aliphatic heterocycles. The van der Waals surface area contributed by atoms with Gasteiger partial charge in [0.1, 0.15) is 5.75 Å². The molecule has 2 aromatic rings. The molecule has 16 heteroatoms. The number of nitrogens with two attached hydrogens (primary N) is 1. The van der Waals surface area contributed by atoms with Crippen LogP contribution in [0.3, 0.4) is 0 Å². The molecule has 3 rings (SSSR count). The zero-order valence-corrected chi connectivity index (χ0v) is 30.7. The van der Waals surface area contributed by atoms with E-state index in [1.54, 1.807) is 25.3 Å². The molecule has 0 spiro atoms. The summed E-state index contributed by atoms with van der Waals surface area (Å²) in [7, 11) is 1.62. The molecule has 0 fully saturated rings. The van der Waals surface area contributed by atoms with Crippen LogP contribution in [0.4, 0.5) is 5.69 Å². The molecule has 0 aliphatic carbocycles. The molecule has 2 aromatic carbocycles. The van der Waals surface area contributed by atoms with Crippen molar-refractivity contribution >= 4 is 29.4 Å². The molecule has 1 unspecified atom stereocenters. The van der Waals surface area contributed by atoms with E-state index in [-0.39, 0.29) is 18.2 Å². The first-order chi connectivity index (χ1) is 26.0. The van der Waals surface area contributed by atoms with E-state index in [0.29, 0.717) is 96.5 Å². The van der Waals surface area contributed by atoms with Gasteiger partial charge in [0.15, 0.2) is 0 Å². The van der Waals surface area contributed by atoms with Crippen LogP contribution in [0.1, 0.15) is 30.1 Å². The van der Waals surface area contributed by atoms with Gasteiger partial charge in [0.05, 0.1) is 60.0 Å². The number of anilines is 1. The second kappa shape index (κ2) is 26.9. The number of rotatable bonds is 26. The number of aliphatic imine (C=N–C) groups is 2. The van der Waals surface area contributed by atoms with Gasteiger partial charge in [-0.15, -0.1) is 0 Å². The Morgan fingerprint density at radius 1 is 0.811 bits per heavy atom. The summed E-state index contributed by atoms with van der Waals surface area (Å²) >= 11 is 0. The van der Waals surface area contributed by atoms with E-state index in [1.165, 1.54) is 0 Å². The van der Waals surface area contributed by atoms with Gasteiger partial charge in [0.25, 0.3) is 5.91 Å². The van der Waals surface area contributed by atoms with Gasteiger partial charge >= 0.3 is 0 Å². The van der Waals surface area contributed by atoms with Crippen molar-refractivity contribution in [1.29, 1.82) is 0 Å². The topological polar surface area (TPSA) is 203 Å². The number of nitrogens with zero attached hydrogens (tertiary/aromatic N) is 2. The molecule has 0 saturated heterocycles. The van der Waals surface area contributed by atoms with Crippen LogP contribution in [0.15, 0.2) is 88.5 Å². The molecule has 0 radical (unpaired) electrons. The van der Waals surface area contributed by atoms with Crippen molar-refractivity contribution in [3.63, 3.8) is 0 Å². The summed E-state index contributed by atoms with van der Waals surface area (Å²) in [6.07, 6.45) is 5.98. The molecular weight excluding hydrogens is 682 g/mol. The summed E-state index contributed by atoms with van der Waals surface area (Å²) in [4.78, 5) is 33.8. The van der Waals surface area contributed by atoms with E-state index in [4.69, 9.17) is 29.4 Å². The highest BCUT2D eigenvalue weighted by Crippen LogP contribution is 2.15. The van der Waals surface area contributed by atoms with Crippen molar-refractivity contribution in [1.82, 2.24) is 26.6 Å². The Labute approximate surface area is 312 Å². The summed E-state index contributed by atoms with van der Waals surface area (Å²) in [6, 6.07) is 16.5. The maximum absolute atomic E-state index is 12.3. The number of hydrogen-bond acceptors (Lipinski definition) is 14. The average Bonchev–Trinajstić information content (AvgIpc) is 3.17. The Hall–Kier alpha value is -4.84. The second-order valence-corrected chi connectivity index (χ2v) is 11.3. The number of amides is 2. The lowest BCUT2D eigenvalue weighted by Gasteiger charge is -2.23. The van der Waals surface area contributed by atoms with Gasteiger partial charge in [-0.05, 0) is 48.9 Å². The Kier molecular flexibility index (Phi) is 21.6. The highest BCUT2D eigenvalue weighted by molar-refractivity contribution is 6.06. The van der Waals surface area contributed by atoms with Gasteiger partial charge in [0, 0.05) is 49.5 Å². The Morgan fingerprint density at radius 3 is 2.11 bits per heavy atom. The number of guanidine groups is 2. The highest BCUT2D eigenvalue weighted by Gasteiger charge is 2.17. The Balaban J connectivity index is 1.44. The number of nitrogens with one attached hydrogen (secondary N) is 6. The third-order valence-electron chi connectivity index (χ3n) is 7.10. The fraction of sp³-hybridized carbons (Fsp3) is 0.459. The molecule has 0 bridgehead atoms. The molecule has 2 amide bonds. The van der Waals surface area contributed by atoms with Crippen LogP contribution >= 0.6 is 0 Å². The number of benzene rings is 2. The van der Waals surface area contributed by atoms with Gasteiger partial charge < -0.3 is 50.7 Å². The maximum Gasteiger partial charge on any atom is 0.251 e. The van der Waals surface area contributed by atoms with Gasteiger partial charge in [-0.3, -0.25) is 20.2 Å². The van der Waals surface area contributed by atoms with Crippen LogP contribution < -0.4 is 42.4 Å². The number of carbonyl (C=O) groups excluding carboxylic acids is 2. The van der Waals surface area contributed by atoms with Crippen molar-refractivity contribution in [2.24, 2.45) is 15.7 Å². The van der Waals surface area contributed by atoms with E-state index in [0.717, 1.165) is 23.6 Å². The van der Waals surface area contributed by atoms with Gasteiger partial charge in [-0.2, -0.15) is 0 Å². The van der Waals surface area contributed by atoms with Crippen LogP contribution in [-0.2, 0) is 23.7 Å². The van der Waals surface area contributed by atoms with Gasteiger partial charge in [0.2, 0.25) is 24.1 Å². The standard InChI is InChI=1S/C37H55N9O7/c1-3-8-30(11-7-12-33(47)39-18-22-51-26-25-50-21-17-38)42-36-44-35(45-37(46-36)43-31-13-15-32(49-2)16-14-31)41-20-24-53-28-27-52-23-19-40-34(48)29-9-5-4-6-10-29/h4-11,13-16,35,41H,3,12,17-28,38H2,1-2H3,(H,39,47)(H,40,48)(H3,42,43,44,45,46)/b11-7-,30-8+. The molecule has 1 aliphatic rings. The number of allylic oxidation sites excluding steroid dienone is 2. The number of carbonyl (C=O) groups is 2. The summed E-state index contributed by atoms with van der Waals surface area (Å²) in [5.41, 5.74) is 7.57. The van der Waals surface area contributed by atoms with Crippen molar-refractivity contribution in [2.45, 2.75) is 26.1 Å². The Morgan fingerprint density at radius 2 is 1.45 bits per heavy atom. The SMILES string of the molecule is CC/C=C(\C=C/CC(=O)NCCOCCOCCN)NC1=NC(NCCOCCOCCNC(=O)c2ccccc2)N=C(Nc2ccc(OC)cc2)N1. The van der Waals surface area contributed by atoms with Gasteiger partial charge in [-0.1, -0.05) is 37.3 Å². The van der Waals surface area contributed by atoms with E-state index in [9.17, 15) is 9.59 Å². The normalized spacial score (nSPS) is 14.2. The summed E-state index contributed by atoms with van der Waals surface area (Å²) in [6.45, 7) is 7.22. The largest absolute Gasteiger partial charge is 0.497 e. The number of hydrogen-bond donors (Lipinski definition) is 7. The third kappa shape index (κ3) is 19.0. The van der Waals surface area contributed by atoms with Crippen molar-refractivity contribution < 1.29 is 33.3 Å². The summed E-state index contributed by atoms with van der Waals surface area (Å²) in [5.74, 6) is 1.44. The molecule has 0 aromatic heterocycles. The quantitative estimate of drug-likeness (QED) is 0.0545. The highest BCUT2D eigenvalue weighted by atomic mass is 16.5. The van der Waals surface area contributed by atoms with Crippen LogP contribution in [0, 0.1) is 0 Å². The second-order valence-electron chi connectivity index (χ2n) is 11.3. The zero-order chi connectivity index (χ0) is 37.8. The maximum atomic E-state index is 12.3. The molecule has 16 nitrogen and oxygen atoms in total. The lowest BCUT2D eigenvalue weighted by molar-refractivity contribution is -0.120. The minimum atomic E-state index is -0.611. The van der Waals surface area contributed by atoms with Crippen molar-refractivity contribution in [3.8, 4) is 5.75 Å². The smallest absolute Gasteiger partial charge is 0.251 e. The molecule has 1 atom stereocenters. The molecule has 1 heterocycles. The van der Waals surface area contributed by atoms with Crippen molar-refractivity contribution in [2.75, 3.05) is 91.5 Å². The van der Waals surface area contributed by atoms with Crippen LogP contribution in [0.2, 0.25) is 0 Å².